The maximum Gasteiger partial charge on any atom is 0.339 e. The van der Waals surface area contributed by atoms with Crippen molar-refractivity contribution in [3.05, 3.63) is 204 Å². The fourth-order valence-electron chi connectivity index (χ4n) is 9.53. The molecule has 0 saturated carbocycles. The van der Waals surface area contributed by atoms with Crippen LogP contribution in [-0.4, -0.2) is 184 Å². The van der Waals surface area contributed by atoms with Crippen molar-refractivity contribution in [1.29, 1.82) is 0 Å². The van der Waals surface area contributed by atoms with Crippen LogP contribution in [0.5, 0.6) is 11.5 Å². The summed E-state index contributed by atoms with van der Waals surface area (Å²) in [5.41, 5.74) is -0.546. The molecule has 3 saturated heterocycles. The smallest absolute Gasteiger partial charge is 0.339 e. The van der Waals surface area contributed by atoms with E-state index in [1.54, 1.807) is 30.3 Å². The highest BCUT2D eigenvalue weighted by atomic mass is 32.3. The Bertz CT molecular complexity index is 3420. The summed E-state index contributed by atoms with van der Waals surface area (Å²) in [6, 6.07) is 42.1. The first-order valence-electron chi connectivity index (χ1n) is 27.0. The van der Waals surface area contributed by atoms with Crippen LogP contribution in [0.15, 0.2) is 176 Å². The molecule has 6 aromatic rings. The van der Waals surface area contributed by atoms with Crippen molar-refractivity contribution in [3.8, 4) is 11.5 Å². The van der Waals surface area contributed by atoms with Crippen LogP contribution in [0.2, 0.25) is 0 Å². The van der Waals surface area contributed by atoms with E-state index < -0.39 is 152 Å². The van der Waals surface area contributed by atoms with Gasteiger partial charge in [-0.2, -0.15) is 0 Å². The van der Waals surface area contributed by atoms with Crippen molar-refractivity contribution in [1.82, 2.24) is 0 Å². The van der Waals surface area contributed by atoms with Crippen molar-refractivity contribution in [2.75, 3.05) is 27.4 Å². The second-order valence-corrected chi connectivity index (χ2v) is 20.6. The van der Waals surface area contributed by atoms with Crippen LogP contribution >= 0.6 is 0 Å². The molecule has 0 aromatic heterocycles. The van der Waals surface area contributed by atoms with E-state index in [4.69, 9.17) is 61.6 Å². The zero-order valence-electron chi connectivity index (χ0n) is 46.5. The van der Waals surface area contributed by atoms with Crippen LogP contribution in [0.25, 0.3) is 0 Å². The molecule has 3 heterocycles. The normalized spacial score (nSPS) is 26.9. The first-order chi connectivity index (χ1) is 42.4. The number of esters is 6. The first-order valence-corrected chi connectivity index (χ1v) is 28.3. The van der Waals surface area contributed by atoms with Crippen LogP contribution in [-0.2, 0) is 71.5 Å². The minimum absolute atomic E-state index is 0.0375. The van der Waals surface area contributed by atoms with Gasteiger partial charge in [0.15, 0.2) is 49.2 Å². The number of hydrogen-bond acceptors (Lipinski definition) is 26. The number of ether oxygens (including phenoxy) is 13. The molecule has 9 rings (SSSR count). The van der Waals surface area contributed by atoms with E-state index in [-0.39, 0.29) is 33.6 Å². The van der Waals surface area contributed by atoms with E-state index in [1.807, 2.05) is 0 Å². The lowest BCUT2D eigenvalue weighted by Gasteiger charge is -2.49. The molecule has 26 nitrogen and oxygen atoms in total. The summed E-state index contributed by atoms with van der Waals surface area (Å²) < 4.78 is 120. The highest BCUT2D eigenvalue weighted by Gasteiger charge is 2.60. The van der Waals surface area contributed by atoms with Crippen LogP contribution in [0.3, 0.4) is 0 Å². The quantitative estimate of drug-likeness (QED) is 0.0379. The molecular formula is C61H57O26S-. The Hall–Kier alpha value is -8.71. The first kappa shape index (κ1) is 63.8. The van der Waals surface area contributed by atoms with Gasteiger partial charge in [-0.05, 0) is 84.9 Å². The monoisotopic (exact) mass is 1240 g/mol. The maximum atomic E-state index is 14.5. The van der Waals surface area contributed by atoms with Gasteiger partial charge in [0.1, 0.15) is 48.1 Å². The van der Waals surface area contributed by atoms with Gasteiger partial charge in [0.2, 0.25) is 16.7 Å². The number of methoxy groups -OCH3 is 2. The predicted octanol–water partition coefficient (Wildman–Crippen LogP) is 3.51. The molecule has 0 spiro atoms. The lowest BCUT2D eigenvalue weighted by Crippen LogP contribution is -2.69. The molecule has 15 atom stereocenters. The van der Waals surface area contributed by atoms with Crippen LogP contribution in [0.4, 0.5) is 0 Å². The highest BCUT2D eigenvalue weighted by Crippen LogP contribution is 2.39. The molecule has 0 aliphatic carbocycles. The van der Waals surface area contributed by atoms with Gasteiger partial charge in [-0.25, -0.2) is 37.2 Å². The number of carbonyl (C=O) groups excluding carboxylic acids is 6. The lowest BCUT2D eigenvalue weighted by molar-refractivity contribution is -0.373. The topological polar surface area (TPSA) is 350 Å². The van der Waals surface area contributed by atoms with E-state index >= 15 is 0 Å². The maximum absolute atomic E-state index is 14.5. The Morgan fingerprint density at radius 3 is 1.17 bits per heavy atom. The fraction of sp³-hybridized carbons (Fsp3) is 0.311. The van der Waals surface area contributed by atoms with Crippen molar-refractivity contribution < 1.29 is 123 Å². The third-order valence-corrected chi connectivity index (χ3v) is 14.3. The summed E-state index contributed by atoms with van der Waals surface area (Å²) >= 11 is 0. The van der Waals surface area contributed by atoms with Crippen molar-refractivity contribution in [2.45, 2.75) is 92.1 Å². The second kappa shape index (κ2) is 29.3. The van der Waals surface area contributed by atoms with E-state index in [0.29, 0.717) is 5.75 Å². The largest absolute Gasteiger partial charge is 0.726 e. The summed E-state index contributed by atoms with van der Waals surface area (Å²) in [6.45, 7) is -2.35. The van der Waals surface area contributed by atoms with Gasteiger partial charge in [0.05, 0.1) is 55.3 Å². The third-order valence-electron chi connectivity index (χ3n) is 13.9. The molecule has 3 N–H and O–H groups in total. The van der Waals surface area contributed by atoms with Crippen LogP contribution in [0.1, 0.15) is 51.8 Å². The Kier molecular flexibility index (Phi) is 21.3. The van der Waals surface area contributed by atoms with Crippen LogP contribution < -0.4 is 9.47 Å². The SMILES string of the molecule is COC(=O)[C@H]1O[C@@H](O[C@H]2[C@@H](O)[C@@H](COS(=O)(=O)[O-])O[C@@H](O[C@H]3[C@@H](O)[C@@H](CO)O[C@@H](Oc4ccc(OC)cc4)[C@@H]3OC(=O)c3ccccc3)[C@@H]2OC(=O)c2ccccc2)[C@H](OC(=O)c2ccccc2)[C@@H](OC(=O)c2ccccc2)[C@@H]1OC(=O)c1ccccc1. The van der Waals surface area contributed by atoms with Gasteiger partial charge in [-0.1, -0.05) is 91.0 Å². The molecule has 0 amide bonds. The molecule has 88 heavy (non-hydrogen) atoms. The Morgan fingerprint density at radius 1 is 0.443 bits per heavy atom. The van der Waals surface area contributed by atoms with Gasteiger partial charge in [0.25, 0.3) is 0 Å². The number of aliphatic hydroxyl groups is 3. The van der Waals surface area contributed by atoms with Gasteiger partial charge < -0.3 is 81.5 Å². The fourth-order valence-corrected chi connectivity index (χ4v) is 9.83. The highest BCUT2D eigenvalue weighted by molar-refractivity contribution is 7.80. The molecule has 3 aliphatic heterocycles. The zero-order chi connectivity index (χ0) is 62.5. The average Bonchev–Trinajstić information content (AvgIpc) is 0.956. The van der Waals surface area contributed by atoms with Gasteiger partial charge >= 0.3 is 35.8 Å². The van der Waals surface area contributed by atoms with Crippen molar-refractivity contribution in [2.24, 2.45) is 0 Å². The Balaban J connectivity index is 1.19. The molecule has 0 bridgehead atoms. The molecule has 464 valence electrons. The molecule has 3 fully saturated rings. The molecular weight excluding hydrogens is 1180 g/mol. The summed E-state index contributed by atoms with van der Waals surface area (Å²) in [4.78, 5) is 85.6. The Morgan fingerprint density at radius 2 is 0.784 bits per heavy atom. The lowest BCUT2D eigenvalue weighted by atomic mass is 9.95. The number of hydrogen-bond donors (Lipinski definition) is 3. The molecule has 6 aromatic carbocycles. The third kappa shape index (κ3) is 15.7. The Labute approximate surface area is 502 Å². The molecule has 3 aliphatic rings. The molecule has 27 heteroatoms. The van der Waals surface area contributed by atoms with Crippen molar-refractivity contribution in [3.63, 3.8) is 0 Å². The number of carbonyl (C=O) groups is 6. The van der Waals surface area contributed by atoms with Crippen LogP contribution in [0, 0.1) is 0 Å². The van der Waals surface area contributed by atoms with Crippen molar-refractivity contribution >= 4 is 46.2 Å². The number of benzene rings is 6. The molecule has 0 unspecified atom stereocenters. The van der Waals surface area contributed by atoms with Gasteiger partial charge in [-0.15, -0.1) is 0 Å². The zero-order valence-corrected chi connectivity index (χ0v) is 47.3. The van der Waals surface area contributed by atoms with E-state index in [1.165, 1.54) is 153 Å². The van der Waals surface area contributed by atoms with Gasteiger partial charge in [0, 0.05) is 0 Å². The number of rotatable bonds is 22. The summed E-state index contributed by atoms with van der Waals surface area (Å²) in [6.07, 6.45) is -32.3. The predicted molar refractivity (Wildman–Crippen MR) is 294 cm³/mol. The minimum atomic E-state index is -5.66. The standard InChI is InChI=1S/C61H58O26S/c1-74-39-28-30-40(31-29-39)77-59-50(82-55(67)36-22-12-5-13-23-36)45(43(63)41(32-62)78-59)85-60-51(83-56(68)37-24-14-6-15-25-37)46(44(64)42(79-60)33-76-88(71,72)73)86-61-52(84-57(69)38-26-16-7-17-27-38)48(81-54(66)35-20-10-4-11-21-35)47(49(87-61)58(70)75-2)80-53(65)34-18-8-3-9-19-34/h3-31,41-52,59-64H,32-33H2,1-2H3,(H,71,72,73)/p-1/t41-,42-,43+,44+,45+,46+,47+,48+,49+,50-,51-,52-,59-,60+,61-/m1/s1. The summed E-state index contributed by atoms with van der Waals surface area (Å²) in [7, 11) is -3.32. The van der Waals surface area contributed by atoms with E-state index in [2.05, 4.69) is 4.18 Å². The second-order valence-electron chi connectivity index (χ2n) is 19.6. The van der Waals surface area contributed by atoms with E-state index in [9.17, 15) is 57.1 Å². The van der Waals surface area contributed by atoms with E-state index in [0.717, 1.165) is 7.11 Å². The average molecular weight is 1240 g/mol. The number of aliphatic hydroxyl groups excluding tert-OH is 3. The minimum Gasteiger partial charge on any atom is -0.726 e. The molecule has 0 radical (unpaired) electrons. The van der Waals surface area contributed by atoms with Gasteiger partial charge in [-0.3, -0.25) is 4.18 Å². The summed E-state index contributed by atoms with van der Waals surface area (Å²) in [5, 5.41) is 35.4. The summed E-state index contributed by atoms with van der Waals surface area (Å²) in [5.74, 6) is -6.61.